The summed E-state index contributed by atoms with van der Waals surface area (Å²) < 4.78 is 5.62. The van der Waals surface area contributed by atoms with Gasteiger partial charge < -0.3 is 15.8 Å². The van der Waals surface area contributed by atoms with E-state index in [4.69, 9.17) is 22.1 Å². The van der Waals surface area contributed by atoms with Crippen LogP contribution in [0.1, 0.15) is 24.0 Å². The first-order chi connectivity index (χ1) is 11.1. The molecule has 3 N–H and O–H groups in total. The predicted molar refractivity (Wildman–Crippen MR) is 101 cm³/mol. The summed E-state index contributed by atoms with van der Waals surface area (Å²) in [5.74, 6) is 0.742. The van der Waals surface area contributed by atoms with Gasteiger partial charge in [-0.1, -0.05) is 23.7 Å². The van der Waals surface area contributed by atoms with Gasteiger partial charge in [-0.05, 0) is 54.8 Å². The van der Waals surface area contributed by atoms with E-state index in [1.807, 2.05) is 49.4 Å². The number of hydrogen-bond donors (Lipinski definition) is 2. The molecular weight excluding hydrogens is 347 g/mol. The van der Waals surface area contributed by atoms with Crippen LogP contribution < -0.4 is 15.8 Å². The molecule has 0 aliphatic carbocycles. The Kier molecular flexibility index (Phi) is 8.61. The van der Waals surface area contributed by atoms with E-state index in [2.05, 4.69) is 5.32 Å². The van der Waals surface area contributed by atoms with Gasteiger partial charge in [0, 0.05) is 23.7 Å². The molecule has 0 heterocycles. The van der Waals surface area contributed by atoms with Crippen molar-refractivity contribution in [3.8, 4) is 5.75 Å². The average Bonchev–Trinajstić information content (AvgIpc) is 2.55. The molecule has 0 unspecified atom stereocenters. The Morgan fingerprint density at radius 3 is 2.54 bits per heavy atom. The monoisotopic (exact) mass is 368 g/mol. The molecule has 0 radical (unpaired) electrons. The summed E-state index contributed by atoms with van der Waals surface area (Å²) in [4.78, 5) is 11.9. The molecule has 0 aromatic heterocycles. The van der Waals surface area contributed by atoms with Crippen LogP contribution in [0, 0.1) is 6.92 Å². The highest BCUT2D eigenvalue weighted by Crippen LogP contribution is 2.21. The summed E-state index contributed by atoms with van der Waals surface area (Å²) in [7, 11) is 0. The van der Waals surface area contributed by atoms with Crippen molar-refractivity contribution in [2.75, 3.05) is 11.9 Å². The Morgan fingerprint density at radius 2 is 1.92 bits per heavy atom. The van der Waals surface area contributed by atoms with Crippen LogP contribution in [-0.2, 0) is 11.3 Å². The van der Waals surface area contributed by atoms with Crippen LogP contribution in [0.25, 0.3) is 0 Å². The molecule has 0 saturated heterocycles. The van der Waals surface area contributed by atoms with E-state index in [0.29, 0.717) is 26.0 Å². The predicted octanol–water partition coefficient (Wildman–Crippen LogP) is 4.33. The molecule has 0 bridgehead atoms. The van der Waals surface area contributed by atoms with E-state index in [0.717, 1.165) is 27.6 Å². The number of nitrogens with one attached hydrogen (secondary N) is 1. The number of benzene rings is 2. The first-order valence-electron chi connectivity index (χ1n) is 7.56. The highest BCUT2D eigenvalue weighted by atomic mass is 35.5. The van der Waals surface area contributed by atoms with Crippen molar-refractivity contribution in [3.63, 3.8) is 0 Å². The number of carbonyl (C=O) groups is 1. The molecule has 2 aromatic rings. The van der Waals surface area contributed by atoms with E-state index >= 15 is 0 Å². The fraction of sp³-hybridized carbons (Fsp3) is 0.278. The van der Waals surface area contributed by atoms with E-state index < -0.39 is 0 Å². The highest BCUT2D eigenvalue weighted by Gasteiger charge is 2.03. The first kappa shape index (κ1) is 20.3. The number of aryl methyl sites for hydroxylation is 1. The van der Waals surface area contributed by atoms with Crippen molar-refractivity contribution in [2.45, 2.75) is 26.3 Å². The quantitative estimate of drug-likeness (QED) is 0.714. The average molecular weight is 369 g/mol. The van der Waals surface area contributed by atoms with E-state index in [1.165, 1.54) is 0 Å². The molecule has 0 atom stereocenters. The van der Waals surface area contributed by atoms with Gasteiger partial charge in [0.2, 0.25) is 5.91 Å². The summed E-state index contributed by atoms with van der Waals surface area (Å²) in [6.45, 7) is 2.91. The summed E-state index contributed by atoms with van der Waals surface area (Å²) in [5, 5.41) is 3.58. The van der Waals surface area contributed by atoms with Crippen LogP contribution in [0.2, 0.25) is 5.02 Å². The third-order valence-corrected chi connectivity index (χ3v) is 3.84. The molecule has 0 aliphatic heterocycles. The topological polar surface area (TPSA) is 64.3 Å². The summed E-state index contributed by atoms with van der Waals surface area (Å²) in [6.07, 6.45) is 1.06. The van der Waals surface area contributed by atoms with Crippen molar-refractivity contribution >= 4 is 35.6 Å². The van der Waals surface area contributed by atoms with Crippen molar-refractivity contribution in [3.05, 3.63) is 58.6 Å². The Morgan fingerprint density at radius 1 is 1.21 bits per heavy atom. The normalized spacial score (nSPS) is 9.96. The van der Waals surface area contributed by atoms with Gasteiger partial charge in [-0.3, -0.25) is 4.79 Å². The summed E-state index contributed by atoms with van der Waals surface area (Å²) in [5.41, 5.74) is 8.33. The number of anilines is 1. The minimum Gasteiger partial charge on any atom is -0.494 e. The van der Waals surface area contributed by atoms with Crippen molar-refractivity contribution in [2.24, 2.45) is 5.73 Å². The van der Waals surface area contributed by atoms with E-state index in [-0.39, 0.29) is 18.3 Å². The third kappa shape index (κ3) is 6.40. The molecule has 0 aliphatic rings. The smallest absolute Gasteiger partial charge is 0.224 e. The lowest BCUT2D eigenvalue weighted by Crippen LogP contribution is -2.13. The number of nitrogens with two attached hydrogens (primary N) is 1. The molecule has 0 spiro atoms. The Balaban J connectivity index is 0.00000288. The molecule has 24 heavy (non-hydrogen) atoms. The number of amides is 1. The fourth-order valence-corrected chi connectivity index (χ4v) is 2.19. The molecule has 130 valence electrons. The van der Waals surface area contributed by atoms with E-state index in [9.17, 15) is 4.79 Å². The molecule has 1 amide bonds. The van der Waals surface area contributed by atoms with Crippen molar-refractivity contribution in [1.82, 2.24) is 0 Å². The van der Waals surface area contributed by atoms with Gasteiger partial charge in [-0.25, -0.2) is 0 Å². The Hall–Kier alpha value is -1.75. The van der Waals surface area contributed by atoms with Crippen LogP contribution in [0.5, 0.6) is 5.75 Å². The number of hydrogen-bond acceptors (Lipinski definition) is 3. The van der Waals surface area contributed by atoms with Gasteiger partial charge in [-0.15, -0.1) is 12.4 Å². The fourth-order valence-electron chi connectivity index (χ4n) is 2.08. The zero-order valence-electron chi connectivity index (χ0n) is 13.5. The molecular formula is C18H22Cl2N2O2. The van der Waals surface area contributed by atoms with E-state index in [1.54, 1.807) is 0 Å². The van der Waals surface area contributed by atoms with Gasteiger partial charge in [-0.2, -0.15) is 0 Å². The maximum absolute atomic E-state index is 11.9. The van der Waals surface area contributed by atoms with Gasteiger partial charge in [0.25, 0.3) is 0 Å². The van der Waals surface area contributed by atoms with Crippen molar-refractivity contribution in [1.29, 1.82) is 0 Å². The second-order valence-corrected chi connectivity index (χ2v) is 5.72. The number of halogens is 2. The number of ether oxygens (including phenoxy) is 1. The standard InChI is InChI=1S/C18H21ClN2O2.ClH/c1-13-11-16(8-9-17(13)19)23-10-2-3-18(22)21-15-6-4-14(12-20)5-7-15;/h4-9,11H,2-3,10,12,20H2,1H3,(H,21,22);1H. The van der Waals surface area contributed by atoms with Crippen LogP contribution >= 0.6 is 24.0 Å². The largest absolute Gasteiger partial charge is 0.494 e. The highest BCUT2D eigenvalue weighted by molar-refractivity contribution is 6.31. The number of rotatable bonds is 7. The third-order valence-electron chi connectivity index (χ3n) is 3.42. The number of carbonyl (C=O) groups excluding carboxylic acids is 1. The maximum atomic E-state index is 11.9. The van der Waals surface area contributed by atoms with Crippen LogP contribution in [0.4, 0.5) is 5.69 Å². The SMILES string of the molecule is Cc1cc(OCCCC(=O)Nc2ccc(CN)cc2)ccc1Cl.Cl. The zero-order valence-corrected chi connectivity index (χ0v) is 15.1. The lowest BCUT2D eigenvalue weighted by atomic mass is 10.2. The van der Waals surface area contributed by atoms with Gasteiger partial charge >= 0.3 is 0 Å². The van der Waals surface area contributed by atoms with Crippen molar-refractivity contribution < 1.29 is 9.53 Å². The van der Waals surface area contributed by atoms with Crippen LogP contribution in [-0.4, -0.2) is 12.5 Å². The second kappa shape index (κ2) is 10.2. The Labute approximate surface area is 153 Å². The molecule has 0 fully saturated rings. The second-order valence-electron chi connectivity index (χ2n) is 5.31. The lowest BCUT2D eigenvalue weighted by molar-refractivity contribution is -0.116. The molecule has 2 aromatic carbocycles. The maximum Gasteiger partial charge on any atom is 0.224 e. The minimum absolute atomic E-state index is 0. The molecule has 2 rings (SSSR count). The molecule has 4 nitrogen and oxygen atoms in total. The molecule has 0 saturated carbocycles. The van der Waals surface area contributed by atoms with Gasteiger partial charge in [0.05, 0.1) is 6.61 Å². The van der Waals surface area contributed by atoms with Gasteiger partial charge in [0.1, 0.15) is 5.75 Å². The van der Waals surface area contributed by atoms with Crippen LogP contribution in [0.15, 0.2) is 42.5 Å². The Bertz CT molecular complexity index is 661. The lowest BCUT2D eigenvalue weighted by Gasteiger charge is -2.08. The van der Waals surface area contributed by atoms with Crippen LogP contribution in [0.3, 0.4) is 0 Å². The zero-order chi connectivity index (χ0) is 16.7. The summed E-state index contributed by atoms with van der Waals surface area (Å²) >= 11 is 5.96. The summed E-state index contributed by atoms with van der Waals surface area (Å²) in [6, 6.07) is 13.0. The van der Waals surface area contributed by atoms with Gasteiger partial charge in [0.15, 0.2) is 0 Å². The minimum atomic E-state index is -0.0265. The molecule has 6 heteroatoms. The first-order valence-corrected chi connectivity index (χ1v) is 7.94.